The zero-order valence-corrected chi connectivity index (χ0v) is 15.4. The third-order valence-corrected chi connectivity index (χ3v) is 4.48. The number of aryl methyl sites for hydroxylation is 3. The number of amides is 2. The normalized spacial score (nSPS) is 13.2. The number of hydrogen-bond acceptors (Lipinski definition) is 3. The first-order valence-corrected chi connectivity index (χ1v) is 8.84. The zero-order chi connectivity index (χ0) is 18.7. The number of benzene rings is 2. The summed E-state index contributed by atoms with van der Waals surface area (Å²) in [5.74, 6) is 0.688. The van der Waals surface area contributed by atoms with E-state index in [0.717, 1.165) is 41.0 Å². The van der Waals surface area contributed by atoms with Crippen LogP contribution in [-0.4, -0.2) is 18.4 Å². The van der Waals surface area contributed by atoms with E-state index < -0.39 is 0 Å². The van der Waals surface area contributed by atoms with Gasteiger partial charge in [0.25, 0.3) is 5.91 Å². The van der Waals surface area contributed by atoms with E-state index in [4.69, 9.17) is 4.74 Å². The number of carbonyl (C=O) groups is 2. The van der Waals surface area contributed by atoms with E-state index in [1.165, 1.54) is 0 Å². The second-order valence-electron chi connectivity index (χ2n) is 6.85. The fraction of sp³-hybridized carbons (Fsp3) is 0.333. The Bertz CT molecular complexity index is 821. The molecule has 0 spiro atoms. The van der Waals surface area contributed by atoms with Crippen molar-refractivity contribution in [3.05, 3.63) is 53.1 Å². The first-order chi connectivity index (χ1) is 12.4. The van der Waals surface area contributed by atoms with Gasteiger partial charge in [0, 0.05) is 17.3 Å². The monoisotopic (exact) mass is 352 g/mol. The van der Waals surface area contributed by atoms with Gasteiger partial charge in [0.05, 0.1) is 0 Å². The lowest BCUT2D eigenvalue weighted by Gasteiger charge is -2.13. The second kappa shape index (κ2) is 7.60. The fourth-order valence-electron chi connectivity index (χ4n) is 2.78. The van der Waals surface area contributed by atoms with Gasteiger partial charge in [-0.05, 0) is 62.4 Å². The lowest BCUT2D eigenvalue weighted by Crippen LogP contribution is -2.21. The molecule has 3 rings (SSSR count). The summed E-state index contributed by atoms with van der Waals surface area (Å²) in [4.78, 5) is 24.2. The molecule has 2 aromatic carbocycles. The molecule has 5 heteroatoms. The predicted molar refractivity (Wildman–Crippen MR) is 103 cm³/mol. The van der Waals surface area contributed by atoms with Crippen LogP contribution in [0.25, 0.3) is 0 Å². The van der Waals surface area contributed by atoms with Crippen molar-refractivity contribution in [3.8, 4) is 5.75 Å². The molecule has 0 unspecified atom stereocenters. The molecule has 136 valence electrons. The number of para-hydroxylation sites is 1. The fourth-order valence-corrected chi connectivity index (χ4v) is 2.78. The van der Waals surface area contributed by atoms with Gasteiger partial charge in [0.1, 0.15) is 5.75 Å². The Labute approximate surface area is 153 Å². The molecule has 1 aliphatic carbocycles. The highest BCUT2D eigenvalue weighted by Gasteiger charge is 2.29. The lowest BCUT2D eigenvalue weighted by atomic mass is 10.1. The number of rotatable bonds is 6. The molecule has 0 atom stereocenters. The first-order valence-electron chi connectivity index (χ1n) is 8.84. The average molecular weight is 352 g/mol. The molecule has 0 bridgehead atoms. The molecule has 1 aliphatic rings. The van der Waals surface area contributed by atoms with Gasteiger partial charge in [-0.2, -0.15) is 0 Å². The van der Waals surface area contributed by atoms with Crippen LogP contribution in [0, 0.1) is 26.7 Å². The Kier molecular flexibility index (Phi) is 5.26. The van der Waals surface area contributed by atoms with Crippen LogP contribution in [0.1, 0.15) is 29.5 Å². The maximum absolute atomic E-state index is 12.2. The van der Waals surface area contributed by atoms with Crippen molar-refractivity contribution >= 4 is 23.2 Å². The van der Waals surface area contributed by atoms with Crippen LogP contribution in [-0.2, 0) is 9.59 Å². The number of carbonyl (C=O) groups excluding carboxylic acids is 2. The highest BCUT2D eigenvalue weighted by Crippen LogP contribution is 2.31. The Balaban J connectivity index is 1.61. The molecule has 2 aromatic rings. The van der Waals surface area contributed by atoms with E-state index in [1.54, 1.807) is 6.07 Å². The summed E-state index contributed by atoms with van der Waals surface area (Å²) in [5, 5.41) is 5.76. The second-order valence-corrected chi connectivity index (χ2v) is 6.85. The minimum atomic E-state index is -0.240. The number of hydrogen-bond donors (Lipinski definition) is 2. The molecular weight excluding hydrogens is 328 g/mol. The molecule has 0 heterocycles. The predicted octanol–water partition coefficient (Wildman–Crippen LogP) is 3.98. The van der Waals surface area contributed by atoms with Crippen LogP contribution in [0.4, 0.5) is 11.4 Å². The van der Waals surface area contributed by atoms with Crippen LogP contribution < -0.4 is 15.4 Å². The lowest BCUT2D eigenvalue weighted by molar-refractivity contribution is -0.118. The van der Waals surface area contributed by atoms with Crippen molar-refractivity contribution in [2.75, 3.05) is 17.2 Å². The van der Waals surface area contributed by atoms with Crippen molar-refractivity contribution in [2.24, 2.45) is 5.92 Å². The van der Waals surface area contributed by atoms with Crippen molar-refractivity contribution in [1.29, 1.82) is 0 Å². The first kappa shape index (κ1) is 18.0. The van der Waals surface area contributed by atoms with Gasteiger partial charge in [0.15, 0.2) is 6.61 Å². The van der Waals surface area contributed by atoms with Crippen LogP contribution in [0.5, 0.6) is 5.75 Å². The molecule has 0 aliphatic heterocycles. The Morgan fingerprint density at radius 3 is 2.35 bits per heavy atom. The van der Waals surface area contributed by atoms with Gasteiger partial charge >= 0.3 is 0 Å². The molecule has 1 saturated carbocycles. The van der Waals surface area contributed by atoms with Gasteiger partial charge in [-0.1, -0.05) is 24.3 Å². The smallest absolute Gasteiger partial charge is 0.262 e. The van der Waals surface area contributed by atoms with Crippen LogP contribution in [0.3, 0.4) is 0 Å². The van der Waals surface area contributed by atoms with E-state index in [2.05, 4.69) is 10.6 Å². The van der Waals surface area contributed by atoms with Crippen molar-refractivity contribution in [3.63, 3.8) is 0 Å². The van der Waals surface area contributed by atoms with E-state index in [9.17, 15) is 9.59 Å². The maximum atomic E-state index is 12.2. The molecule has 0 saturated heterocycles. The Hall–Kier alpha value is -2.82. The highest BCUT2D eigenvalue weighted by atomic mass is 16.5. The van der Waals surface area contributed by atoms with Gasteiger partial charge in [-0.15, -0.1) is 0 Å². The van der Waals surface area contributed by atoms with Crippen molar-refractivity contribution < 1.29 is 14.3 Å². The summed E-state index contributed by atoms with van der Waals surface area (Å²) in [7, 11) is 0. The Morgan fingerprint density at radius 2 is 1.69 bits per heavy atom. The largest absolute Gasteiger partial charge is 0.483 e. The summed E-state index contributed by atoms with van der Waals surface area (Å²) in [5.41, 5.74) is 4.33. The van der Waals surface area contributed by atoms with Gasteiger partial charge in [-0.3, -0.25) is 9.59 Å². The average Bonchev–Trinajstić information content (AvgIpc) is 3.42. The highest BCUT2D eigenvalue weighted by molar-refractivity contribution is 5.96. The molecule has 5 nitrogen and oxygen atoms in total. The number of ether oxygens (including phenoxy) is 1. The van der Waals surface area contributed by atoms with Crippen LogP contribution in [0.15, 0.2) is 36.4 Å². The van der Waals surface area contributed by atoms with Crippen molar-refractivity contribution in [1.82, 2.24) is 0 Å². The molecular formula is C21H24N2O3. The summed E-state index contributed by atoms with van der Waals surface area (Å²) in [6, 6.07) is 11.3. The molecule has 2 N–H and O–H groups in total. The SMILES string of the molecule is Cc1ccc(NC(=O)COc2c(C)cccc2C)cc1NC(=O)C1CC1. The molecule has 0 aromatic heterocycles. The summed E-state index contributed by atoms with van der Waals surface area (Å²) < 4.78 is 5.68. The van der Waals surface area contributed by atoms with E-state index in [1.807, 2.05) is 51.1 Å². The van der Waals surface area contributed by atoms with Crippen LogP contribution in [0.2, 0.25) is 0 Å². The van der Waals surface area contributed by atoms with E-state index in [0.29, 0.717) is 5.69 Å². The molecule has 0 radical (unpaired) electrons. The number of anilines is 2. The zero-order valence-electron chi connectivity index (χ0n) is 15.4. The summed E-state index contributed by atoms with van der Waals surface area (Å²) in [6.45, 7) is 5.77. The van der Waals surface area contributed by atoms with E-state index in [-0.39, 0.29) is 24.3 Å². The van der Waals surface area contributed by atoms with Crippen molar-refractivity contribution in [2.45, 2.75) is 33.6 Å². The standard InChI is InChI=1S/C21H24N2O3/c1-13-7-10-17(11-18(13)23-21(25)16-8-9-16)22-19(24)12-26-20-14(2)5-4-6-15(20)3/h4-7,10-11,16H,8-9,12H2,1-3H3,(H,22,24)(H,23,25). The summed E-state index contributed by atoms with van der Waals surface area (Å²) in [6.07, 6.45) is 1.91. The topological polar surface area (TPSA) is 67.4 Å². The molecule has 1 fully saturated rings. The van der Waals surface area contributed by atoms with Crippen LogP contribution >= 0.6 is 0 Å². The minimum Gasteiger partial charge on any atom is -0.483 e. The van der Waals surface area contributed by atoms with Gasteiger partial charge < -0.3 is 15.4 Å². The number of nitrogens with one attached hydrogen (secondary N) is 2. The third kappa shape index (κ3) is 4.42. The Morgan fingerprint density at radius 1 is 1.00 bits per heavy atom. The van der Waals surface area contributed by atoms with Gasteiger partial charge in [-0.25, -0.2) is 0 Å². The quantitative estimate of drug-likeness (QED) is 0.826. The molecule has 2 amide bonds. The maximum Gasteiger partial charge on any atom is 0.262 e. The minimum absolute atomic E-state index is 0.0509. The third-order valence-electron chi connectivity index (χ3n) is 4.48. The molecule has 26 heavy (non-hydrogen) atoms. The van der Waals surface area contributed by atoms with E-state index >= 15 is 0 Å². The summed E-state index contributed by atoms with van der Waals surface area (Å²) >= 11 is 0. The van der Waals surface area contributed by atoms with Gasteiger partial charge in [0.2, 0.25) is 5.91 Å².